The summed E-state index contributed by atoms with van der Waals surface area (Å²) in [4.78, 5) is 12.3. The van der Waals surface area contributed by atoms with Crippen LogP contribution in [0.1, 0.15) is 10.4 Å². The molecule has 0 saturated carbocycles. The zero-order valence-corrected chi connectivity index (χ0v) is 12.4. The third kappa shape index (κ3) is 3.06. The first-order valence-electron chi connectivity index (χ1n) is 6.29. The number of hydrogen-bond donors (Lipinski definition) is 1. The molecule has 6 heteroatoms. The zero-order valence-electron chi connectivity index (χ0n) is 10.9. The van der Waals surface area contributed by atoms with Gasteiger partial charge in [-0.3, -0.25) is 4.79 Å². The molecule has 1 aliphatic heterocycles. The van der Waals surface area contributed by atoms with Crippen molar-refractivity contribution in [3.8, 4) is 11.5 Å². The van der Waals surface area contributed by atoms with E-state index in [9.17, 15) is 4.79 Å². The number of hydrogen-bond acceptors (Lipinski definition) is 3. The number of benzene rings is 2. The molecule has 21 heavy (non-hydrogen) atoms. The number of anilines is 1. The number of halogens is 2. The van der Waals surface area contributed by atoms with Gasteiger partial charge in [-0.05, 0) is 30.3 Å². The Morgan fingerprint density at radius 2 is 1.90 bits per heavy atom. The number of ether oxygens (including phenoxy) is 2. The lowest BCUT2D eigenvalue weighted by Crippen LogP contribution is -2.17. The Bertz CT molecular complexity index is 703. The van der Waals surface area contributed by atoms with Gasteiger partial charge in [-0.15, -0.1) is 0 Å². The van der Waals surface area contributed by atoms with Gasteiger partial charge in [0, 0.05) is 16.3 Å². The quantitative estimate of drug-likeness (QED) is 0.908. The molecule has 4 nitrogen and oxygen atoms in total. The molecule has 0 fully saturated rings. The smallest absolute Gasteiger partial charge is 0.255 e. The maximum absolute atomic E-state index is 12.3. The Labute approximate surface area is 131 Å². The van der Waals surface area contributed by atoms with Crippen molar-refractivity contribution >= 4 is 34.8 Å². The summed E-state index contributed by atoms with van der Waals surface area (Å²) in [7, 11) is 0. The molecule has 0 spiro atoms. The predicted molar refractivity (Wildman–Crippen MR) is 81.8 cm³/mol. The Morgan fingerprint density at radius 1 is 1.10 bits per heavy atom. The Balaban J connectivity index is 1.86. The Hall–Kier alpha value is -1.91. The van der Waals surface area contributed by atoms with Crippen LogP contribution in [0.25, 0.3) is 0 Å². The first-order valence-corrected chi connectivity index (χ1v) is 7.05. The van der Waals surface area contributed by atoms with Crippen molar-refractivity contribution in [1.82, 2.24) is 0 Å². The van der Waals surface area contributed by atoms with E-state index >= 15 is 0 Å². The SMILES string of the molecule is O=C(Nc1cccc(Cl)c1)c1cc(Cl)c2c(c1)OCCO2. The fraction of sp³-hybridized carbons (Fsp3) is 0.133. The topological polar surface area (TPSA) is 47.6 Å². The predicted octanol–water partition coefficient (Wildman–Crippen LogP) is 4.02. The highest BCUT2D eigenvalue weighted by Gasteiger charge is 2.19. The summed E-state index contributed by atoms with van der Waals surface area (Å²) in [5.41, 5.74) is 1.00. The first kappa shape index (κ1) is 14.0. The van der Waals surface area contributed by atoms with Crippen LogP contribution in [0.4, 0.5) is 5.69 Å². The molecular formula is C15H11Cl2NO3. The Kier molecular flexibility index (Phi) is 3.90. The average molecular weight is 324 g/mol. The van der Waals surface area contributed by atoms with Crippen molar-refractivity contribution in [3.63, 3.8) is 0 Å². The molecule has 1 aliphatic rings. The molecule has 2 aromatic rings. The van der Waals surface area contributed by atoms with Gasteiger partial charge in [0.15, 0.2) is 11.5 Å². The van der Waals surface area contributed by atoms with Gasteiger partial charge < -0.3 is 14.8 Å². The van der Waals surface area contributed by atoms with Crippen LogP contribution in [0.3, 0.4) is 0 Å². The van der Waals surface area contributed by atoms with Gasteiger partial charge in [-0.25, -0.2) is 0 Å². The lowest BCUT2D eigenvalue weighted by molar-refractivity contribution is 0.102. The highest BCUT2D eigenvalue weighted by molar-refractivity contribution is 6.33. The number of carbonyl (C=O) groups is 1. The molecule has 2 aromatic carbocycles. The fourth-order valence-corrected chi connectivity index (χ4v) is 2.47. The average Bonchev–Trinajstić information content (AvgIpc) is 2.47. The molecule has 0 bridgehead atoms. The summed E-state index contributed by atoms with van der Waals surface area (Å²) in [6.07, 6.45) is 0. The van der Waals surface area contributed by atoms with E-state index in [1.165, 1.54) is 0 Å². The van der Waals surface area contributed by atoms with Crippen LogP contribution in [0.15, 0.2) is 36.4 Å². The normalized spacial score (nSPS) is 12.9. The molecule has 108 valence electrons. The molecule has 0 unspecified atom stereocenters. The van der Waals surface area contributed by atoms with Crippen LogP contribution in [0, 0.1) is 0 Å². The van der Waals surface area contributed by atoms with Gasteiger partial charge in [0.2, 0.25) is 0 Å². The van der Waals surface area contributed by atoms with Gasteiger partial charge in [0.25, 0.3) is 5.91 Å². The summed E-state index contributed by atoms with van der Waals surface area (Å²) in [6.45, 7) is 0.878. The third-order valence-electron chi connectivity index (χ3n) is 2.94. The fourth-order valence-electron chi connectivity index (χ4n) is 2.01. The largest absolute Gasteiger partial charge is 0.486 e. The Morgan fingerprint density at radius 3 is 2.71 bits per heavy atom. The van der Waals surface area contributed by atoms with E-state index in [2.05, 4.69) is 5.32 Å². The zero-order chi connectivity index (χ0) is 14.8. The van der Waals surface area contributed by atoms with Gasteiger partial charge in [0.1, 0.15) is 13.2 Å². The third-order valence-corrected chi connectivity index (χ3v) is 3.46. The van der Waals surface area contributed by atoms with Crippen molar-refractivity contribution in [1.29, 1.82) is 0 Å². The standard InChI is InChI=1S/C15H11Cl2NO3/c16-10-2-1-3-11(8-10)18-15(19)9-6-12(17)14-13(7-9)20-4-5-21-14/h1-3,6-8H,4-5H2,(H,18,19). The van der Waals surface area contributed by atoms with E-state index < -0.39 is 0 Å². The monoisotopic (exact) mass is 323 g/mol. The summed E-state index contributed by atoms with van der Waals surface area (Å²) in [6, 6.07) is 10.1. The van der Waals surface area contributed by atoms with Gasteiger partial charge in [-0.1, -0.05) is 29.3 Å². The molecule has 1 heterocycles. The van der Waals surface area contributed by atoms with Crippen LogP contribution in [0.2, 0.25) is 10.0 Å². The molecule has 3 rings (SSSR count). The van der Waals surface area contributed by atoms with Gasteiger partial charge in [0.05, 0.1) is 5.02 Å². The van der Waals surface area contributed by atoms with Crippen LogP contribution >= 0.6 is 23.2 Å². The molecule has 0 atom stereocenters. The second-order valence-electron chi connectivity index (χ2n) is 4.45. The number of nitrogens with one attached hydrogen (secondary N) is 1. The minimum absolute atomic E-state index is 0.295. The first-order chi connectivity index (χ1) is 10.1. The second kappa shape index (κ2) is 5.84. The van der Waals surface area contributed by atoms with Gasteiger partial charge >= 0.3 is 0 Å². The molecular weight excluding hydrogens is 313 g/mol. The van der Waals surface area contributed by atoms with E-state index in [-0.39, 0.29) is 5.91 Å². The minimum Gasteiger partial charge on any atom is -0.486 e. The molecule has 0 aromatic heterocycles. The van der Waals surface area contributed by atoms with E-state index in [1.807, 2.05) is 0 Å². The summed E-state index contributed by atoms with van der Waals surface area (Å²) in [5, 5.41) is 3.65. The van der Waals surface area contributed by atoms with Crippen LogP contribution in [-0.2, 0) is 0 Å². The second-order valence-corrected chi connectivity index (χ2v) is 5.29. The number of fused-ring (bicyclic) bond motifs is 1. The lowest BCUT2D eigenvalue weighted by atomic mass is 10.1. The summed E-state index contributed by atoms with van der Waals surface area (Å²) in [5.74, 6) is 0.656. The highest BCUT2D eigenvalue weighted by atomic mass is 35.5. The minimum atomic E-state index is -0.295. The molecule has 0 saturated heterocycles. The van der Waals surface area contributed by atoms with Crippen molar-refractivity contribution in [3.05, 3.63) is 52.0 Å². The van der Waals surface area contributed by atoms with Crippen molar-refractivity contribution in [2.75, 3.05) is 18.5 Å². The van der Waals surface area contributed by atoms with Crippen LogP contribution in [0.5, 0.6) is 11.5 Å². The van der Waals surface area contributed by atoms with Crippen molar-refractivity contribution in [2.45, 2.75) is 0 Å². The molecule has 1 amide bonds. The van der Waals surface area contributed by atoms with Crippen molar-refractivity contribution in [2.24, 2.45) is 0 Å². The maximum Gasteiger partial charge on any atom is 0.255 e. The van der Waals surface area contributed by atoms with Crippen LogP contribution in [-0.4, -0.2) is 19.1 Å². The molecule has 0 radical (unpaired) electrons. The van der Waals surface area contributed by atoms with E-state index in [1.54, 1.807) is 36.4 Å². The van der Waals surface area contributed by atoms with E-state index in [0.29, 0.717) is 46.0 Å². The number of amides is 1. The lowest BCUT2D eigenvalue weighted by Gasteiger charge is -2.20. The highest BCUT2D eigenvalue weighted by Crippen LogP contribution is 2.38. The maximum atomic E-state index is 12.3. The van der Waals surface area contributed by atoms with Crippen molar-refractivity contribution < 1.29 is 14.3 Å². The van der Waals surface area contributed by atoms with Crippen LogP contribution < -0.4 is 14.8 Å². The molecule has 0 aliphatic carbocycles. The number of rotatable bonds is 2. The summed E-state index contributed by atoms with van der Waals surface area (Å²) >= 11 is 12.0. The van der Waals surface area contributed by atoms with Gasteiger partial charge in [-0.2, -0.15) is 0 Å². The summed E-state index contributed by atoms with van der Waals surface area (Å²) < 4.78 is 10.9. The van der Waals surface area contributed by atoms with E-state index in [0.717, 1.165) is 0 Å². The van der Waals surface area contributed by atoms with E-state index in [4.69, 9.17) is 32.7 Å². The number of carbonyl (C=O) groups excluding carboxylic acids is 1. The molecule has 1 N–H and O–H groups in total.